The van der Waals surface area contributed by atoms with Crippen LogP contribution >= 0.6 is 0 Å². The lowest BCUT2D eigenvalue weighted by atomic mass is 9.93. The van der Waals surface area contributed by atoms with Gasteiger partial charge in [0.05, 0.1) is 0 Å². The molecule has 1 rings (SSSR count). The van der Waals surface area contributed by atoms with Crippen LogP contribution in [0.15, 0.2) is 12.3 Å². The third kappa shape index (κ3) is 5.31. The lowest BCUT2D eigenvalue weighted by molar-refractivity contribution is 0.254. The third-order valence-electron chi connectivity index (χ3n) is 2.48. The Morgan fingerprint density at radius 3 is 2.61 bits per heavy atom. The van der Waals surface area contributed by atoms with Gasteiger partial charge >= 0.3 is 0 Å². The van der Waals surface area contributed by atoms with E-state index in [1.54, 1.807) is 6.20 Å². The second-order valence-corrected chi connectivity index (χ2v) is 5.55. The number of hydrogen-bond donors (Lipinski definition) is 2. The van der Waals surface area contributed by atoms with Crippen molar-refractivity contribution in [3.8, 4) is 0 Å². The molecule has 0 radical (unpaired) electrons. The summed E-state index contributed by atoms with van der Waals surface area (Å²) < 4.78 is 0. The Balaban J connectivity index is 2.54. The van der Waals surface area contributed by atoms with E-state index in [9.17, 15) is 0 Å². The number of anilines is 2. The molecule has 102 valence electrons. The predicted molar refractivity (Wildman–Crippen MR) is 77.0 cm³/mol. The molecule has 1 heterocycles. The molecule has 0 aliphatic heterocycles. The minimum absolute atomic E-state index is 0.201. The molecule has 0 saturated carbocycles. The smallest absolute Gasteiger partial charge is 0.224 e. The van der Waals surface area contributed by atoms with Gasteiger partial charge in [0.1, 0.15) is 5.82 Å². The van der Waals surface area contributed by atoms with E-state index in [0.717, 1.165) is 25.5 Å². The van der Waals surface area contributed by atoms with Gasteiger partial charge in [-0.2, -0.15) is 4.98 Å². The molecule has 0 unspecified atom stereocenters. The zero-order valence-electron chi connectivity index (χ0n) is 12.1. The second kappa shape index (κ2) is 6.54. The monoisotopic (exact) mass is 251 g/mol. The fraction of sp³-hybridized carbons (Fsp3) is 0.692. The number of aromatic nitrogens is 2. The quantitative estimate of drug-likeness (QED) is 0.775. The molecule has 5 nitrogen and oxygen atoms in total. The highest BCUT2D eigenvalue weighted by Crippen LogP contribution is 2.17. The number of hydrogen-bond acceptors (Lipinski definition) is 5. The summed E-state index contributed by atoms with van der Waals surface area (Å²) in [7, 11) is 4.19. The average Bonchev–Trinajstić information content (AvgIpc) is 2.26. The second-order valence-electron chi connectivity index (χ2n) is 5.55. The molecule has 5 heteroatoms. The van der Waals surface area contributed by atoms with Crippen LogP contribution in [0.3, 0.4) is 0 Å². The summed E-state index contributed by atoms with van der Waals surface area (Å²) in [5.41, 5.74) is 0.201. The molecule has 0 amide bonds. The zero-order valence-corrected chi connectivity index (χ0v) is 12.1. The van der Waals surface area contributed by atoms with Crippen molar-refractivity contribution in [2.75, 3.05) is 44.4 Å². The van der Waals surface area contributed by atoms with Crippen LogP contribution in [-0.4, -0.2) is 48.6 Å². The molecule has 1 aromatic rings. The largest absolute Gasteiger partial charge is 0.369 e. The number of nitrogens with zero attached hydrogens (tertiary/aromatic N) is 3. The van der Waals surface area contributed by atoms with Crippen molar-refractivity contribution in [2.45, 2.75) is 20.8 Å². The highest BCUT2D eigenvalue weighted by atomic mass is 15.1. The highest BCUT2D eigenvalue weighted by molar-refractivity contribution is 5.39. The van der Waals surface area contributed by atoms with Crippen LogP contribution in [0.1, 0.15) is 20.8 Å². The zero-order chi connectivity index (χ0) is 13.6. The normalized spacial score (nSPS) is 11.7. The van der Waals surface area contributed by atoms with Crippen molar-refractivity contribution in [2.24, 2.45) is 5.41 Å². The maximum absolute atomic E-state index is 4.40. The molecular formula is C13H25N5. The van der Waals surface area contributed by atoms with Crippen LogP contribution in [0.2, 0.25) is 0 Å². The van der Waals surface area contributed by atoms with E-state index in [1.807, 2.05) is 13.0 Å². The van der Waals surface area contributed by atoms with Crippen LogP contribution in [0.25, 0.3) is 0 Å². The van der Waals surface area contributed by atoms with Gasteiger partial charge in [-0.05, 0) is 32.5 Å². The lowest BCUT2D eigenvalue weighted by Crippen LogP contribution is -2.34. The maximum Gasteiger partial charge on any atom is 0.224 e. The van der Waals surface area contributed by atoms with Crippen LogP contribution in [-0.2, 0) is 0 Å². The summed E-state index contributed by atoms with van der Waals surface area (Å²) in [5.74, 6) is 1.54. The topological polar surface area (TPSA) is 53.1 Å². The van der Waals surface area contributed by atoms with Gasteiger partial charge in [0.2, 0.25) is 5.95 Å². The van der Waals surface area contributed by atoms with Gasteiger partial charge in [-0.25, -0.2) is 4.98 Å². The molecule has 0 atom stereocenters. The Labute approximate surface area is 110 Å². The minimum Gasteiger partial charge on any atom is -0.369 e. The molecule has 1 aromatic heterocycles. The van der Waals surface area contributed by atoms with Gasteiger partial charge < -0.3 is 15.5 Å². The summed E-state index contributed by atoms with van der Waals surface area (Å²) in [4.78, 5) is 10.7. The van der Waals surface area contributed by atoms with Crippen LogP contribution in [0, 0.1) is 5.41 Å². The summed E-state index contributed by atoms with van der Waals surface area (Å²) in [6, 6.07) is 1.90. The Bertz CT molecular complexity index is 362. The maximum atomic E-state index is 4.40. The van der Waals surface area contributed by atoms with Crippen molar-refractivity contribution >= 4 is 11.8 Å². The standard InChI is InChI=1S/C13H25N5/c1-6-14-12-15-8-7-11(17-12)16-9-13(2,3)10-18(4)5/h7-8H,6,9-10H2,1-5H3,(H2,14,15,16,17). The SMILES string of the molecule is CCNc1nccc(NCC(C)(C)CN(C)C)n1. The number of rotatable bonds is 7. The number of nitrogens with one attached hydrogen (secondary N) is 2. The van der Waals surface area contributed by atoms with Crippen LogP contribution in [0.4, 0.5) is 11.8 Å². The molecule has 0 aliphatic rings. The van der Waals surface area contributed by atoms with Gasteiger partial charge in [-0.3, -0.25) is 0 Å². The van der Waals surface area contributed by atoms with Crippen molar-refractivity contribution in [3.63, 3.8) is 0 Å². The summed E-state index contributed by atoms with van der Waals surface area (Å²) in [6.07, 6.45) is 1.77. The van der Waals surface area contributed by atoms with Crippen molar-refractivity contribution < 1.29 is 0 Å². The molecule has 0 fully saturated rings. The van der Waals surface area contributed by atoms with Crippen LogP contribution in [0.5, 0.6) is 0 Å². The van der Waals surface area contributed by atoms with Crippen molar-refractivity contribution in [1.29, 1.82) is 0 Å². The van der Waals surface area contributed by atoms with Gasteiger partial charge in [-0.1, -0.05) is 13.8 Å². The van der Waals surface area contributed by atoms with E-state index in [4.69, 9.17) is 0 Å². The molecule has 0 spiro atoms. The van der Waals surface area contributed by atoms with Crippen LogP contribution < -0.4 is 10.6 Å². The Hall–Kier alpha value is -1.36. The van der Waals surface area contributed by atoms with E-state index < -0.39 is 0 Å². The molecule has 2 N–H and O–H groups in total. The first-order chi connectivity index (χ1) is 8.43. The van der Waals surface area contributed by atoms with Gasteiger partial charge in [-0.15, -0.1) is 0 Å². The van der Waals surface area contributed by atoms with E-state index in [-0.39, 0.29) is 5.41 Å². The minimum atomic E-state index is 0.201. The van der Waals surface area contributed by atoms with E-state index in [0.29, 0.717) is 5.95 Å². The Morgan fingerprint density at radius 1 is 1.28 bits per heavy atom. The fourth-order valence-electron chi connectivity index (χ4n) is 1.94. The predicted octanol–water partition coefficient (Wildman–Crippen LogP) is 1.91. The van der Waals surface area contributed by atoms with Crippen molar-refractivity contribution in [1.82, 2.24) is 14.9 Å². The first-order valence-corrected chi connectivity index (χ1v) is 6.38. The fourth-order valence-corrected chi connectivity index (χ4v) is 1.94. The average molecular weight is 251 g/mol. The Morgan fingerprint density at radius 2 is 2.00 bits per heavy atom. The third-order valence-corrected chi connectivity index (χ3v) is 2.48. The van der Waals surface area contributed by atoms with Gasteiger partial charge in [0, 0.05) is 25.8 Å². The summed E-state index contributed by atoms with van der Waals surface area (Å²) in [6.45, 7) is 9.26. The molecule has 0 bridgehead atoms. The molecule has 18 heavy (non-hydrogen) atoms. The molecule has 0 aromatic carbocycles. The first kappa shape index (κ1) is 14.7. The van der Waals surface area contributed by atoms with E-state index in [2.05, 4.69) is 53.4 Å². The summed E-state index contributed by atoms with van der Waals surface area (Å²) in [5, 5.41) is 6.48. The molecule has 0 saturated heterocycles. The molecule has 0 aliphatic carbocycles. The van der Waals surface area contributed by atoms with Crippen molar-refractivity contribution in [3.05, 3.63) is 12.3 Å². The first-order valence-electron chi connectivity index (χ1n) is 6.38. The molecular weight excluding hydrogens is 226 g/mol. The van der Waals surface area contributed by atoms with E-state index >= 15 is 0 Å². The summed E-state index contributed by atoms with van der Waals surface area (Å²) >= 11 is 0. The highest BCUT2D eigenvalue weighted by Gasteiger charge is 2.18. The Kier molecular flexibility index (Phi) is 5.34. The van der Waals surface area contributed by atoms with Gasteiger partial charge in [0.25, 0.3) is 0 Å². The van der Waals surface area contributed by atoms with Gasteiger partial charge in [0.15, 0.2) is 0 Å². The lowest BCUT2D eigenvalue weighted by Gasteiger charge is -2.28. The van der Waals surface area contributed by atoms with E-state index in [1.165, 1.54) is 0 Å².